The highest BCUT2D eigenvalue weighted by molar-refractivity contribution is 5.76. The first kappa shape index (κ1) is 12.1. The molecule has 17 heavy (non-hydrogen) atoms. The van der Waals surface area contributed by atoms with Crippen molar-refractivity contribution in [1.29, 1.82) is 0 Å². The Balaban J connectivity index is 1.95. The molecule has 2 N–H and O–H groups in total. The molecule has 1 aromatic rings. The van der Waals surface area contributed by atoms with Gasteiger partial charge in [-0.2, -0.15) is 0 Å². The summed E-state index contributed by atoms with van der Waals surface area (Å²) in [5.74, 6) is 0.233. The fraction of sp³-hybridized carbons (Fsp3) is 0.500. The van der Waals surface area contributed by atoms with Gasteiger partial charge in [0.2, 0.25) is 5.91 Å². The molecule has 1 atom stereocenters. The van der Waals surface area contributed by atoms with E-state index in [4.69, 9.17) is 5.73 Å². The van der Waals surface area contributed by atoms with Crippen LogP contribution in [0.25, 0.3) is 0 Å². The molecule has 0 aliphatic carbocycles. The number of nitrogens with two attached hydrogens (primary N) is 1. The molecule has 1 aliphatic rings. The highest BCUT2D eigenvalue weighted by Gasteiger charge is 2.19. The summed E-state index contributed by atoms with van der Waals surface area (Å²) in [4.78, 5) is 13.9. The van der Waals surface area contributed by atoms with Crippen LogP contribution in [0.4, 0.5) is 0 Å². The zero-order chi connectivity index (χ0) is 12.3. The minimum absolute atomic E-state index is 0.107. The third kappa shape index (κ3) is 3.07. The number of benzene rings is 1. The minimum atomic E-state index is 0.107. The SMILES string of the molecule is CC(N)CCC(=O)N1CCc2ccccc2C1. The number of fused-ring (bicyclic) bond motifs is 1. The molecule has 3 nitrogen and oxygen atoms in total. The van der Waals surface area contributed by atoms with Gasteiger partial charge in [0, 0.05) is 25.6 Å². The molecule has 1 unspecified atom stereocenters. The fourth-order valence-corrected chi connectivity index (χ4v) is 2.22. The van der Waals surface area contributed by atoms with E-state index >= 15 is 0 Å². The molecule has 0 radical (unpaired) electrons. The number of nitrogens with zero attached hydrogens (tertiary/aromatic N) is 1. The van der Waals surface area contributed by atoms with E-state index < -0.39 is 0 Å². The summed E-state index contributed by atoms with van der Waals surface area (Å²) in [5.41, 5.74) is 8.34. The van der Waals surface area contributed by atoms with Crippen molar-refractivity contribution in [3.8, 4) is 0 Å². The molecule has 1 heterocycles. The lowest BCUT2D eigenvalue weighted by Crippen LogP contribution is -2.36. The standard InChI is InChI=1S/C14H20N2O/c1-11(15)6-7-14(17)16-9-8-12-4-2-3-5-13(12)10-16/h2-5,11H,6-10,15H2,1H3. The number of hydrogen-bond acceptors (Lipinski definition) is 2. The summed E-state index contributed by atoms with van der Waals surface area (Å²) >= 11 is 0. The third-order valence-corrected chi connectivity index (χ3v) is 3.30. The van der Waals surface area contributed by atoms with E-state index in [0.29, 0.717) is 6.42 Å². The first-order valence-corrected chi connectivity index (χ1v) is 6.27. The van der Waals surface area contributed by atoms with Crippen molar-refractivity contribution in [3.63, 3.8) is 0 Å². The van der Waals surface area contributed by atoms with Crippen LogP contribution in [0, 0.1) is 0 Å². The minimum Gasteiger partial charge on any atom is -0.338 e. The molecule has 0 saturated heterocycles. The first-order chi connectivity index (χ1) is 8.16. The second-order valence-electron chi connectivity index (χ2n) is 4.85. The van der Waals surface area contributed by atoms with Crippen LogP contribution in [0.2, 0.25) is 0 Å². The Morgan fingerprint density at radius 2 is 2.12 bits per heavy atom. The summed E-state index contributed by atoms with van der Waals surface area (Å²) in [6.07, 6.45) is 2.32. The topological polar surface area (TPSA) is 46.3 Å². The smallest absolute Gasteiger partial charge is 0.222 e. The predicted octanol–water partition coefficient (Wildman–Crippen LogP) is 1.70. The summed E-state index contributed by atoms with van der Waals surface area (Å²) in [6.45, 7) is 3.54. The van der Waals surface area contributed by atoms with Gasteiger partial charge in [-0.3, -0.25) is 4.79 Å². The largest absolute Gasteiger partial charge is 0.338 e. The van der Waals surface area contributed by atoms with Crippen LogP contribution < -0.4 is 5.73 Å². The average molecular weight is 232 g/mol. The molecule has 0 aromatic heterocycles. The maximum Gasteiger partial charge on any atom is 0.222 e. The maximum atomic E-state index is 12.0. The molecule has 0 saturated carbocycles. The lowest BCUT2D eigenvalue weighted by atomic mass is 9.99. The average Bonchev–Trinajstić information content (AvgIpc) is 2.35. The number of hydrogen-bond donors (Lipinski definition) is 1. The Kier molecular flexibility index (Phi) is 3.79. The Morgan fingerprint density at radius 1 is 1.41 bits per heavy atom. The molecular formula is C14H20N2O. The van der Waals surface area contributed by atoms with E-state index in [-0.39, 0.29) is 11.9 Å². The second-order valence-corrected chi connectivity index (χ2v) is 4.85. The normalized spacial score (nSPS) is 16.5. The Hall–Kier alpha value is -1.35. The van der Waals surface area contributed by atoms with Crippen LogP contribution in [0.15, 0.2) is 24.3 Å². The monoisotopic (exact) mass is 232 g/mol. The summed E-state index contributed by atoms with van der Waals surface area (Å²) in [6, 6.07) is 8.47. The van der Waals surface area contributed by atoms with E-state index in [9.17, 15) is 4.79 Å². The third-order valence-electron chi connectivity index (χ3n) is 3.30. The molecule has 1 aromatic carbocycles. The van der Waals surface area contributed by atoms with Gasteiger partial charge in [-0.1, -0.05) is 24.3 Å². The first-order valence-electron chi connectivity index (χ1n) is 6.27. The molecule has 1 aliphatic heterocycles. The summed E-state index contributed by atoms with van der Waals surface area (Å²) in [5, 5.41) is 0. The predicted molar refractivity (Wildman–Crippen MR) is 68.4 cm³/mol. The molecular weight excluding hydrogens is 212 g/mol. The lowest BCUT2D eigenvalue weighted by Gasteiger charge is -2.29. The van der Waals surface area contributed by atoms with E-state index in [1.165, 1.54) is 11.1 Å². The quantitative estimate of drug-likeness (QED) is 0.862. The second kappa shape index (κ2) is 5.32. The number of carbonyl (C=O) groups excluding carboxylic acids is 1. The zero-order valence-corrected chi connectivity index (χ0v) is 10.4. The van der Waals surface area contributed by atoms with E-state index in [2.05, 4.69) is 18.2 Å². The summed E-state index contributed by atoms with van der Waals surface area (Å²) < 4.78 is 0. The van der Waals surface area contributed by atoms with Gasteiger partial charge >= 0.3 is 0 Å². The van der Waals surface area contributed by atoms with Crippen molar-refractivity contribution in [2.24, 2.45) is 5.73 Å². The van der Waals surface area contributed by atoms with Crippen molar-refractivity contribution in [2.45, 2.75) is 38.8 Å². The van der Waals surface area contributed by atoms with Gasteiger partial charge in [0.15, 0.2) is 0 Å². The molecule has 3 heteroatoms. The molecule has 0 fully saturated rings. The lowest BCUT2D eigenvalue weighted by molar-refractivity contribution is -0.132. The Morgan fingerprint density at radius 3 is 2.82 bits per heavy atom. The van der Waals surface area contributed by atoms with Gasteiger partial charge in [-0.25, -0.2) is 0 Å². The van der Waals surface area contributed by atoms with Gasteiger partial charge in [0.25, 0.3) is 0 Å². The highest BCUT2D eigenvalue weighted by atomic mass is 16.2. The number of carbonyl (C=O) groups is 1. The Bertz CT molecular complexity index is 401. The molecule has 0 bridgehead atoms. The van der Waals surface area contributed by atoms with Crippen molar-refractivity contribution in [1.82, 2.24) is 4.90 Å². The van der Waals surface area contributed by atoms with Crippen LogP contribution in [0.3, 0.4) is 0 Å². The van der Waals surface area contributed by atoms with Crippen molar-refractivity contribution in [2.75, 3.05) is 6.54 Å². The molecule has 92 valence electrons. The number of amides is 1. The summed E-state index contributed by atoms with van der Waals surface area (Å²) in [7, 11) is 0. The van der Waals surface area contributed by atoms with E-state index in [1.54, 1.807) is 0 Å². The van der Waals surface area contributed by atoms with Gasteiger partial charge in [-0.15, -0.1) is 0 Å². The van der Waals surface area contributed by atoms with Crippen LogP contribution in [0.5, 0.6) is 0 Å². The van der Waals surface area contributed by atoms with Gasteiger partial charge in [-0.05, 0) is 30.9 Å². The van der Waals surface area contributed by atoms with Gasteiger partial charge < -0.3 is 10.6 Å². The Labute approximate surface area is 103 Å². The van der Waals surface area contributed by atoms with Crippen LogP contribution in [-0.4, -0.2) is 23.4 Å². The maximum absolute atomic E-state index is 12.0. The van der Waals surface area contributed by atoms with Crippen LogP contribution in [0.1, 0.15) is 30.9 Å². The van der Waals surface area contributed by atoms with Crippen LogP contribution >= 0.6 is 0 Å². The van der Waals surface area contributed by atoms with Crippen molar-refractivity contribution >= 4 is 5.91 Å². The van der Waals surface area contributed by atoms with Gasteiger partial charge in [0.05, 0.1) is 0 Å². The molecule has 0 spiro atoms. The number of rotatable bonds is 3. The zero-order valence-electron chi connectivity index (χ0n) is 10.4. The van der Waals surface area contributed by atoms with E-state index in [0.717, 1.165) is 25.9 Å². The fourth-order valence-electron chi connectivity index (χ4n) is 2.22. The van der Waals surface area contributed by atoms with Crippen LogP contribution in [-0.2, 0) is 17.8 Å². The molecule has 2 rings (SSSR count). The van der Waals surface area contributed by atoms with Gasteiger partial charge in [0.1, 0.15) is 0 Å². The van der Waals surface area contributed by atoms with E-state index in [1.807, 2.05) is 17.9 Å². The van der Waals surface area contributed by atoms with Crippen molar-refractivity contribution in [3.05, 3.63) is 35.4 Å². The molecule has 1 amide bonds. The highest BCUT2D eigenvalue weighted by Crippen LogP contribution is 2.19. The van der Waals surface area contributed by atoms with Crippen molar-refractivity contribution < 1.29 is 4.79 Å².